The molecular weight excluding hydrogens is 356 g/mol. The molecule has 0 aliphatic carbocycles. The van der Waals surface area contributed by atoms with Crippen LogP contribution in [-0.4, -0.2) is 52.5 Å². The molecule has 1 aliphatic rings. The predicted octanol–water partition coefficient (Wildman–Crippen LogP) is 3.10. The molecule has 1 amide bonds. The number of nitrogens with zero attached hydrogens (tertiary/aromatic N) is 4. The van der Waals surface area contributed by atoms with Crippen LogP contribution in [0.4, 0.5) is 28.2 Å². The van der Waals surface area contributed by atoms with Crippen LogP contribution >= 0.6 is 0 Å². The molecule has 3 rings (SSSR count). The van der Waals surface area contributed by atoms with Gasteiger partial charge in [-0.2, -0.15) is 13.2 Å². The normalized spacial score (nSPS) is 15.2. The molecule has 0 spiro atoms. The van der Waals surface area contributed by atoms with Crippen molar-refractivity contribution < 1.29 is 27.5 Å². The Morgan fingerprint density at radius 1 is 1.04 bits per heavy atom. The summed E-state index contributed by atoms with van der Waals surface area (Å²) >= 11 is 0. The van der Waals surface area contributed by atoms with Crippen molar-refractivity contribution in [3.05, 3.63) is 41.8 Å². The van der Waals surface area contributed by atoms with Crippen LogP contribution < -0.4 is 4.90 Å². The molecule has 1 fully saturated rings. The van der Waals surface area contributed by atoms with Crippen LogP contribution in [-0.2, 0) is 6.18 Å². The van der Waals surface area contributed by atoms with Crippen LogP contribution in [0.15, 0.2) is 30.3 Å². The lowest BCUT2D eigenvalue weighted by Crippen LogP contribution is -2.48. The highest BCUT2D eigenvalue weighted by Crippen LogP contribution is 2.36. The first-order chi connectivity index (χ1) is 12.3. The molecule has 0 radical (unpaired) electrons. The number of anilines is 1. The van der Waals surface area contributed by atoms with Crippen molar-refractivity contribution in [2.45, 2.75) is 6.18 Å². The minimum atomic E-state index is -4.71. The molecule has 2 heterocycles. The fraction of sp³-hybridized carbons (Fsp3) is 0.312. The summed E-state index contributed by atoms with van der Waals surface area (Å²) in [4.78, 5) is 13.8. The van der Waals surface area contributed by atoms with Crippen molar-refractivity contribution in [1.82, 2.24) is 15.1 Å². The number of carboxylic acid groups (broad SMARTS) is 1. The topological polar surface area (TPSA) is 69.6 Å². The highest BCUT2D eigenvalue weighted by atomic mass is 19.4. The number of benzene rings is 1. The number of amides is 1. The minimum absolute atomic E-state index is 0.166. The summed E-state index contributed by atoms with van der Waals surface area (Å²) in [5.74, 6) is -0.350. The highest BCUT2D eigenvalue weighted by molar-refractivity contribution is 5.70. The number of hydrogen-bond donors (Lipinski definition) is 1. The quantitative estimate of drug-likeness (QED) is 0.823. The van der Waals surface area contributed by atoms with Crippen molar-refractivity contribution in [2.24, 2.45) is 0 Å². The van der Waals surface area contributed by atoms with Gasteiger partial charge in [0.25, 0.3) is 0 Å². The van der Waals surface area contributed by atoms with Gasteiger partial charge in [-0.15, -0.1) is 10.2 Å². The number of rotatable bonds is 2. The number of piperazine rings is 1. The van der Waals surface area contributed by atoms with E-state index in [4.69, 9.17) is 5.11 Å². The number of hydrogen-bond acceptors (Lipinski definition) is 4. The molecular formula is C16H14F4N4O2. The minimum Gasteiger partial charge on any atom is -0.465 e. The molecule has 1 aromatic heterocycles. The summed E-state index contributed by atoms with van der Waals surface area (Å²) in [6, 6.07) is 5.88. The second-order valence-electron chi connectivity index (χ2n) is 5.73. The van der Waals surface area contributed by atoms with E-state index in [1.807, 2.05) is 0 Å². The van der Waals surface area contributed by atoms with Crippen molar-refractivity contribution in [3.8, 4) is 11.1 Å². The van der Waals surface area contributed by atoms with Crippen molar-refractivity contribution in [2.75, 3.05) is 31.1 Å². The van der Waals surface area contributed by atoms with Crippen molar-refractivity contribution in [1.29, 1.82) is 0 Å². The molecule has 1 aliphatic heterocycles. The average Bonchev–Trinajstić information content (AvgIpc) is 2.61. The predicted molar refractivity (Wildman–Crippen MR) is 84.2 cm³/mol. The molecule has 1 saturated heterocycles. The molecule has 0 atom stereocenters. The van der Waals surface area contributed by atoms with Crippen LogP contribution in [0.3, 0.4) is 0 Å². The van der Waals surface area contributed by atoms with Gasteiger partial charge in [0.2, 0.25) is 0 Å². The molecule has 138 valence electrons. The van der Waals surface area contributed by atoms with Gasteiger partial charge in [-0.25, -0.2) is 9.18 Å². The van der Waals surface area contributed by atoms with Crippen LogP contribution in [0.2, 0.25) is 0 Å². The monoisotopic (exact) mass is 370 g/mol. The number of aromatic nitrogens is 2. The molecule has 26 heavy (non-hydrogen) atoms. The molecule has 2 aromatic rings. The van der Waals surface area contributed by atoms with Gasteiger partial charge >= 0.3 is 12.3 Å². The van der Waals surface area contributed by atoms with Gasteiger partial charge in [-0.3, -0.25) is 0 Å². The summed E-state index contributed by atoms with van der Waals surface area (Å²) in [7, 11) is 0. The lowest BCUT2D eigenvalue weighted by atomic mass is 10.0. The van der Waals surface area contributed by atoms with Gasteiger partial charge in [-0.05, 0) is 23.8 Å². The van der Waals surface area contributed by atoms with Crippen LogP contribution in [0, 0.1) is 5.82 Å². The highest BCUT2D eigenvalue weighted by Gasteiger charge is 2.37. The van der Waals surface area contributed by atoms with Crippen LogP contribution in [0.1, 0.15) is 5.69 Å². The first kappa shape index (κ1) is 17.9. The summed E-state index contributed by atoms with van der Waals surface area (Å²) in [5, 5.41) is 16.0. The fourth-order valence-electron chi connectivity index (χ4n) is 2.72. The Kier molecular flexibility index (Phi) is 4.66. The lowest BCUT2D eigenvalue weighted by molar-refractivity contribution is -0.141. The molecule has 1 aromatic carbocycles. The van der Waals surface area contributed by atoms with E-state index in [1.54, 1.807) is 4.90 Å². The van der Waals surface area contributed by atoms with Gasteiger partial charge in [0, 0.05) is 31.7 Å². The van der Waals surface area contributed by atoms with Gasteiger partial charge in [0.05, 0.1) is 0 Å². The van der Waals surface area contributed by atoms with E-state index < -0.39 is 23.8 Å². The maximum Gasteiger partial charge on any atom is 0.435 e. The second kappa shape index (κ2) is 6.77. The van der Waals surface area contributed by atoms with E-state index in [-0.39, 0.29) is 43.1 Å². The first-order valence-electron chi connectivity index (χ1n) is 7.69. The standard InChI is InChI=1S/C16H14F4N4O2/c17-11-3-1-10(2-4-11)12-9-13(21-22-14(12)16(18,19)20)23-5-7-24(8-6-23)15(25)26/h1-4,9H,5-8H2,(H,25,26). The Bertz CT molecular complexity index is 803. The second-order valence-corrected chi connectivity index (χ2v) is 5.73. The van der Waals surface area contributed by atoms with Crippen LogP contribution in [0.5, 0.6) is 0 Å². The largest absolute Gasteiger partial charge is 0.465 e. The van der Waals surface area contributed by atoms with Crippen molar-refractivity contribution in [3.63, 3.8) is 0 Å². The summed E-state index contributed by atoms with van der Waals surface area (Å²) in [6.07, 6.45) is -5.76. The Labute approximate surface area is 145 Å². The smallest absolute Gasteiger partial charge is 0.435 e. The van der Waals surface area contributed by atoms with Crippen molar-refractivity contribution >= 4 is 11.9 Å². The zero-order valence-electron chi connectivity index (χ0n) is 13.4. The number of carbonyl (C=O) groups is 1. The third-order valence-corrected chi connectivity index (χ3v) is 4.08. The van der Waals surface area contributed by atoms with Gasteiger partial charge in [0.15, 0.2) is 11.5 Å². The maximum atomic E-state index is 13.3. The van der Waals surface area contributed by atoms with E-state index in [9.17, 15) is 22.4 Å². The average molecular weight is 370 g/mol. The van der Waals surface area contributed by atoms with Gasteiger partial charge in [0.1, 0.15) is 5.82 Å². The fourth-order valence-corrected chi connectivity index (χ4v) is 2.72. The third-order valence-electron chi connectivity index (χ3n) is 4.08. The van der Waals surface area contributed by atoms with E-state index in [0.717, 1.165) is 12.1 Å². The molecule has 0 bridgehead atoms. The van der Waals surface area contributed by atoms with E-state index in [1.165, 1.54) is 23.1 Å². The summed E-state index contributed by atoms with van der Waals surface area (Å²) < 4.78 is 52.9. The van der Waals surface area contributed by atoms with E-state index in [2.05, 4.69) is 10.2 Å². The van der Waals surface area contributed by atoms with Crippen LogP contribution in [0.25, 0.3) is 11.1 Å². The Morgan fingerprint density at radius 2 is 1.65 bits per heavy atom. The molecule has 0 saturated carbocycles. The summed E-state index contributed by atoms with van der Waals surface area (Å²) in [6.45, 7) is 0.998. The first-order valence-corrected chi connectivity index (χ1v) is 7.69. The maximum absolute atomic E-state index is 13.3. The Morgan fingerprint density at radius 3 is 2.19 bits per heavy atom. The zero-order valence-corrected chi connectivity index (χ0v) is 13.4. The molecule has 6 nitrogen and oxygen atoms in total. The number of alkyl halides is 3. The SMILES string of the molecule is O=C(O)N1CCN(c2cc(-c3ccc(F)cc3)c(C(F)(F)F)nn2)CC1. The Hall–Kier alpha value is -2.91. The van der Waals surface area contributed by atoms with Gasteiger partial charge in [-0.1, -0.05) is 12.1 Å². The molecule has 0 unspecified atom stereocenters. The molecule has 10 heteroatoms. The number of halogens is 4. The summed E-state index contributed by atoms with van der Waals surface area (Å²) in [5.41, 5.74) is -1.20. The van der Waals surface area contributed by atoms with E-state index >= 15 is 0 Å². The van der Waals surface area contributed by atoms with E-state index in [0.29, 0.717) is 0 Å². The zero-order chi connectivity index (χ0) is 18.9. The van der Waals surface area contributed by atoms with Gasteiger partial charge < -0.3 is 14.9 Å². The lowest BCUT2D eigenvalue weighted by Gasteiger charge is -2.33. The third kappa shape index (κ3) is 3.68. The Balaban J connectivity index is 1.95. The molecule has 1 N–H and O–H groups in total.